The van der Waals surface area contributed by atoms with Gasteiger partial charge in [-0.3, -0.25) is 14.5 Å². The molecule has 3 rings (SSSR count). The molecule has 0 aliphatic rings. The fourth-order valence-corrected chi connectivity index (χ4v) is 3.76. The summed E-state index contributed by atoms with van der Waals surface area (Å²) in [5.74, 6) is -0.228. The monoisotopic (exact) mass is 355 g/mol. The van der Waals surface area contributed by atoms with Gasteiger partial charge in [-0.1, -0.05) is 18.2 Å². The molecule has 0 spiro atoms. The van der Waals surface area contributed by atoms with E-state index in [0.29, 0.717) is 16.9 Å². The van der Waals surface area contributed by atoms with Crippen molar-refractivity contribution in [3.63, 3.8) is 0 Å². The highest BCUT2D eigenvalue weighted by Crippen LogP contribution is 2.25. The normalized spacial score (nSPS) is 11.3. The first-order valence-corrected chi connectivity index (χ1v) is 9.09. The molecule has 6 nitrogen and oxygen atoms in total. The van der Waals surface area contributed by atoms with Gasteiger partial charge < -0.3 is 5.32 Å². The van der Waals surface area contributed by atoms with Crippen LogP contribution in [-0.2, 0) is 14.8 Å². The third kappa shape index (κ3) is 3.77. The molecule has 0 bridgehead atoms. The van der Waals surface area contributed by atoms with Crippen LogP contribution in [0.25, 0.3) is 10.9 Å². The van der Waals surface area contributed by atoms with E-state index in [1.165, 1.54) is 13.0 Å². The van der Waals surface area contributed by atoms with Gasteiger partial charge in [0.05, 0.1) is 11.2 Å². The third-order valence-electron chi connectivity index (χ3n) is 3.54. The number of anilines is 2. The van der Waals surface area contributed by atoms with E-state index in [-0.39, 0.29) is 10.8 Å². The smallest absolute Gasteiger partial charge is 0.264 e. The molecule has 1 aromatic heterocycles. The predicted octanol–water partition coefficient (Wildman–Crippen LogP) is 3.30. The number of benzene rings is 2. The maximum atomic E-state index is 12.8. The lowest BCUT2D eigenvalue weighted by atomic mass is 10.2. The Balaban J connectivity index is 1.99. The van der Waals surface area contributed by atoms with Crippen molar-refractivity contribution >= 4 is 38.2 Å². The summed E-state index contributed by atoms with van der Waals surface area (Å²) >= 11 is 0. The van der Waals surface area contributed by atoms with E-state index in [1.807, 2.05) is 19.1 Å². The first-order valence-electron chi connectivity index (χ1n) is 7.61. The summed E-state index contributed by atoms with van der Waals surface area (Å²) in [6.07, 6.45) is 1.64. The second-order valence-electron chi connectivity index (χ2n) is 5.71. The van der Waals surface area contributed by atoms with Gasteiger partial charge in [0.1, 0.15) is 4.90 Å². The molecule has 1 heterocycles. The van der Waals surface area contributed by atoms with E-state index < -0.39 is 10.0 Å². The number of pyridine rings is 1. The second kappa shape index (κ2) is 6.52. The van der Waals surface area contributed by atoms with Crippen molar-refractivity contribution in [1.82, 2.24) is 4.98 Å². The maximum absolute atomic E-state index is 12.8. The molecule has 0 saturated carbocycles. The average Bonchev–Trinajstić information content (AvgIpc) is 2.53. The molecule has 0 atom stereocenters. The standard InChI is InChI=1S/C18H17N3O3S/c1-12-9-14-5-3-8-17(18(14)19-11-12)25(23,24)21-16-7-4-6-15(10-16)20-13(2)22/h3-11,21H,1-2H3,(H,20,22). The summed E-state index contributed by atoms with van der Waals surface area (Å²) < 4.78 is 28.1. The number of nitrogens with one attached hydrogen (secondary N) is 2. The minimum Gasteiger partial charge on any atom is -0.326 e. The Morgan fingerprint density at radius 1 is 1.04 bits per heavy atom. The average molecular weight is 355 g/mol. The van der Waals surface area contributed by atoms with Gasteiger partial charge in [0.15, 0.2) is 0 Å². The molecule has 25 heavy (non-hydrogen) atoms. The summed E-state index contributed by atoms with van der Waals surface area (Å²) in [5, 5.41) is 3.38. The van der Waals surface area contributed by atoms with Gasteiger partial charge in [0.25, 0.3) is 10.0 Å². The highest BCUT2D eigenvalue weighted by Gasteiger charge is 2.18. The molecule has 2 aromatic carbocycles. The summed E-state index contributed by atoms with van der Waals surface area (Å²) in [6, 6.07) is 13.4. The molecule has 1 amide bonds. The number of hydrogen-bond donors (Lipinski definition) is 2. The Labute approximate surface area is 146 Å². The van der Waals surface area contributed by atoms with Crippen molar-refractivity contribution in [2.24, 2.45) is 0 Å². The summed E-state index contributed by atoms with van der Waals surface area (Å²) in [5.41, 5.74) is 2.24. The lowest BCUT2D eigenvalue weighted by Gasteiger charge is -2.11. The minimum atomic E-state index is -3.82. The first kappa shape index (κ1) is 16.9. The Bertz CT molecular complexity index is 1060. The van der Waals surface area contributed by atoms with Gasteiger partial charge >= 0.3 is 0 Å². The predicted molar refractivity (Wildman–Crippen MR) is 98.0 cm³/mol. The van der Waals surface area contributed by atoms with Crippen molar-refractivity contribution in [2.45, 2.75) is 18.7 Å². The molecule has 128 valence electrons. The largest absolute Gasteiger partial charge is 0.326 e. The van der Waals surface area contributed by atoms with E-state index in [0.717, 1.165) is 10.9 Å². The number of fused-ring (bicyclic) bond motifs is 1. The molecule has 0 radical (unpaired) electrons. The molecule has 0 fully saturated rings. The van der Waals surface area contributed by atoms with E-state index in [1.54, 1.807) is 36.5 Å². The number of carbonyl (C=O) groups is 1. The van der Waals surface area contributed by atoms with Crippen LogP contribution in [0, 0.1) is 6.92 Å². The molecule has 0 unspecified atom stereocenters. The summed E-state index contributed by atoms with van der Waals surface area (Å²) in [7, 11) is -3.82. The van der Waals surface area contributed by atoms with Crippen molar-refractivity contribution in [1.29, 1.82) is 0 Å². The summed E-state index contributed by atoms with van der Waals surface area (Å²) in [4.78, 5) is 15.5. The Kier molecular flexibility index (Phi) is 4.41. The maximum Gasteiger partial charge on any atom is 0.264 e. The van der Waals surface area contributed by atoms with Gasteiger partial charge in [-0.05, 0) is 42.8 Å². The van der Waals surface area contributed by atoms with Crippen LogP contribution < -0.4 is 10.0 Å². The fraction of sp³-hybridized carbons (Fsp3) is 0.111. The number of rotatable bonds is 4. The number of carbonyl (C=O) groups excluding carboxylic acids is 1. The van der Waals surface area contributed by atoms with Crippen LogP contribution in [0.1, 0.15) is 12.5 Å². The van der Waals surface area contributed by atoms with Crippen LogP contribution in [0.3, 0.4) is 0 Å². The van der Waals surface area contributed by atoms with Gasteiger partial charge in [-0.2, -0.15) is 0 Å². The van der Waals surface area contributed by atoms with Crippen molar-refractivity contribution in [3.8, 4) is 0 Å². The number of sulfonamides is 1. The van der Waals surface area contributed by atoms with Crippen LogP contribution in [0.15, 0.2) is 59.6 Å². The fourth-order valence-electron chi connectivity index (χ4n) is 2.53. The van der Waals surface area contributed by atoms with Gasteiger partial charge in [-0.15, -0.1) is 0 Å². The highest BCUT2D eigenvalue weighted by molar-refractivity contribution is 7.93. The van der Waals surface area contributed by atoms with Gasteiger partial charge in [0.2, 0.25) is 5.91 Å². The number of aryl methyl sites for hydroxylation is 1. The van der Waals surface area contributed by atoms with Crippen LogP contribution in [0.2, 0.25) is 0 Å². The van der Waals surface area contributed by atoms with E-state index in [9.17, 15) is 13.2 Å². The molecule has 7 heteroatoms. The second-order valence-corrected chi connectivity index (χ2v) is 7.36. The zero-order chi connectivity index (χ0) is 18.0. The lowest BCUT2D eigenvalue weighted by molar-refractivity contribution is -0.114. The number of amides is 1. The zero-order valence-corrected chi connectivity index (χ0v) is 14.6. The number of aromatic nitrogens is 1. The Morgan fingerprint density at radius 2 is 1.76 bits per heavy atom. The number of para-hydroxylation sites is 1. The molecule has 0 aliphatic heterocycles. The van der Waals surface area contributed by atoms with Crippen LogP contribution in [0.4, 0.5) is 11.4 Å². The molecular weight excluding hydrogens is 338 g/mol. The van der Waals surface area contributed by atoms with Crippen molar-refractivity contribution < 1.29 is 13.2 Å². The topological polar surface area (TPSA) is 88.2 Å². The third-order valence-corrected chi connectivity index (χ3v) is 4.95. The van der Waals surface area contributed by atoms with E-state index in [4.69, 9.17) is 0 Å². The molecule has 2 N–H and O–H groups in total. The first-order chi connectivity index (χ1) is 11.8. The Morgan fingerprint density at radius 3 is 2.52 bits per heavy atom. The SMILES string of the molecule is CC(=O)Nc1cccc(NS(=O)(=O)c2cccc3cc(C)cnc23)c1. The van der Waals surface area contributed by atoms with Gasteiger partial charge in [-0.25, -0.2) is 8.42 Å². The molecular formula is C18H17N3O3S. The van der Waals surface area contributed by atoms with Crippen LogP contribution >= 0.6 is 0 Å². The van der Waals surface area contributed by atoms with Crippen LogP contribution in [0.5, 0.6) is 0 Å². The van der Waals surface area contributed by atoms with E-state index in [2.05, 4.69) is 15.0 Å². The molecule has 0 saturated heterocycles. The highest BCUT2D eigenvalue weighted by atomic mass is 32.2. The number of hydrogen-bond acceptors (Lipinski definition) is 4. The van der Waals surface area contributed by atoms with E-state index >= 15 is 0 Å². The van der Waals surface area contributed by atoms with Crippen molar-refractivity contribution in [3.05, 3.63) is 60.3 Å². The zero-order valence-electron chi connectivity index (χ0n) is 13.8. The lowest BCUT2D eigenvalue weighted by Crippen LogP contribution is -2.14. The summed E-state index contributed by atoms with van der Waals surface area (Å²) in [6.45, 7) is 3.29. The molecule has 0 aliphatic carbocycles. The van der Waals surface area contributed by atoms with Crippen molar-refractivity contribution in [2.75, 3.05) is 10.0 Å². The van der Waals surface area contributed by atoms with Crippen LogP contribution in [-0.4, -0.2) is 19.3 Å². The molecule has 3 aromatic rings. The van der Waals surface area contributed by atoms with Gasteiger partial charge in [0, 0.05) is 24.2 Å². The Hall–Kier alpha value is -2.93. The minimum absolute atomic E-state index is 0.106. The number of nitrogens with zero attached hydrogens (tertiary/aromatic N) is 1. The quantitative estimate of drug-likeness (QED) is 0.751.